The molecule has 1 fully saturated rings. The molecule has 0 bridgehead atoms. The van der Waals surface area contributed by atoms with Crippen LogP contribution >= 0.6 is 0 Å². The minimum Gasteiger partial charge on any atom is -0.381 e. The number of halogens is 2. The molecule has 1 aromatic rings. The van der Waals surface area contributed by atoms with Gasteiger partial charge in [-0.25, -0.2) is 17.2 Å². The molecule has 2 rings (SSSR count). The Kier molecular flexibility index (Phi) is 4.92. The van der Waals surface area contributed by atoms with Crippen LogP contribution in [-0.2, 0) is 21.3 Å². The molecule has 1 saturated heterocycles. The largest absolute Gasteiger partial charge is 0.381 e. The Balaban J connectivity index is 2.33. The van der Waals surface area contributed by atoms with Gasteiger partial charge in [0.05, 0.1) is 6.10 Å². The van der Waals surface area contributed by atoms with Gasteiger partial charge in [0.25, 0.3) is 0 Å². The molecule has 8 heteroatoms. The van der Waals surface area contributed by atoms with Gasteiger partial charge >= 0.3 is 0 Å². The zero-order chi connectivity index (χ0) is 15.6. The fraction of sp³-hybridized carbons (Fsp3) is 0.538. The summed E-state index contributed by atoms with van der Waals surface area (Å²) in [5.74, 6) is -1.95. The van der Waals surface area contributed by atoms with Gasteiger partial charge in [0.1, 0.15) is 10.7 Å². The molecule has 1 aliphatic rings. The maximum Gasteiger partial charge on any atom is 0.246 e. The highest BCUT2D eigenvalue weighted by atomic mass is 32.2. The summed E-state index contributed by atoms with van der Waals surface area (Å²) in [6, 6.07) is 1.88. The Hall–Kier alpha value is -1.09. The van der Waals surface area contributed by atoms with Gasteiger partial charge in [0.2, 0.25) is 10.0 Å². The molecule has 0 unspecified atom stereocenters. The molecular formula is C13H18F2N2O3S. The van der Waals surface area contributed by atoms with Crippen molar-refractivity contribution in [3.63, 3.8) is 0 Å². The summed E-state index contributed by atoms with van der Waals surface area (Å²) < 4.78 is 58.9. The summed E-state index contributed by atoms with van der Waals surface area (Å²) in [5, 5.41) is 0. The quantitative estimate of drug-likeness (QED) is 0.905. The number of ether oxygens (including phenoxy) is 1. The molecule has 0 aromatic heterocycles. The van der Waals surface area contributed by atoms with Crippen LogP contribution in [0.3, 0.4) is 0 Å². The molecule has 0 radical (unpaired) electrons. The van der Waals surface area contributed by atoms with Crippen LogP contribution in [0.15, 0.2) is 17.0 Å². The second-order valence-electron chi connectivity index (χ2n) is 4.88. The number of nitrogens with two attached hydrogens (primary N) is 1. The fourth-order valence-corrected chi connectivity index (χ4v) is 3.97. The second kappa shape index (κ2) is 6.35. The number of nitrogens with zero attached hydrogens (tertiary/aromatic N) is 1. The third-order valence-electron chi connectivity index (χ3n) is 3.71. The van der Waals surface area contributed by atoms with Crippen molar-refractivity contribution in [2.75, 3.05) is 20.2 Å². The number of hydrogen-bond donors (Lipinski definition) is 1. The Morgan fingerprint density at radius 3 is 2.48 bits per heavy atom. The molecule has 0 spiro atoms. The van der Waals surface area contributed by atoms with Gasteiger partial charge in [-0.1, -0.05) is 0 Å². The predicted molar refractivity (Wildman–Crippen MR) is 73.0 cm³/mol. The Morgan fingerprint density at radius 2 is 1.95 bits per heavy atom. The van der Waals surface area contributed by atoms with E-state index in [4.69, 9.17) is 10.5 Å². The van der Waals surface area contributed by atoms with Gasteiger partial charge in [-0.05, 0) is 25.0 Å². The molecule has 118 valence electrons. The Morgan fingerprint density at radius 1 is 1.33 bits per heavy atom. The van der Waals surface area contributed by atoms with Crippen molar-refractivity contribution in [2.24, 2.45) is 5.73 Å². The van der Waals surface area contributed by atoms with E-state index < -0.39 is 38.7 Å². The third kappa shape index (κ3) is 3.08. The number of benzene rings is 1. The van der Waals surface area contributed by atoms with Crippen LogP contribution in [0.2, 0.25) is 0 Å². The monoisotopic (exact) mass is 320 g/mol. The van der Waals surface area contributed by atoms with Crippen molar-refractivity contribution < 1.29 is 21.9 Å². The van der Waals surface area contributed by atoms with Crippen molar-refractivity contribution in [2.45, 2.75) is 30.4 Å². The zero-order valence-corrected chi connectivity index (χ0v) is 12.5. The van der Waals surface area contributed by atoms with E-state index in [2.05, 4.69) is 0 Å². The van der Waals surface area contributed by atoms with Crippen LogP contribution in [0.5, 0.6) is 0 Å². The molecule has 0 aliphatic carbocycles. The van der Waals surface area contributed by atoms with Gasteiger partial charge < -0.3 is 10.5 Å². The van der Waals surface area contributed by atoms with E-state index >= 15 is 0 Å². The first-order valence-electron chi connectivity index (χ1n) is 6.61. The molecule has 1 heterocycles. The van der Waals surface area contributed by atoms with E-state index in [1.807, 2.05) is 0 Å². The normalized spacial score (nSPS) is 18.1. The first-order chi connectivity index (χ1) is 9.91. The van der Waals surface area contributed by atoms with Crippen molar-refractivity contribution in [3.8, 4) is 0 Å². The minimum absolute atomic E-state index is 0.00844. The SMILES string of the molecule is COC1CCN(S(=O)(=O)c2ccc(F)c(CN)c2F)CC1. The molecule has 5 nitrogen and oxygen atoms in total. The van der Waals surface area contributed by atoms with Gasteiger partial charge in [0.15, 0.2) is 5.82 Å². The van der Waals surface area contributed by atoms with Gasteiger partial charge in [0, 0.05) is 32.3 Å². The standard InChI is InChI=1S/C13H18F2N2O3S/c1-20-9-4-6-17(7-5-9)21(18,19)12-3-2-11(14)10(8-16)13(12)15/h2-3,9H,4-8,16H2,1H3. The van der Waals surface area contributed by atoms with E-state index in [0.717, 1.165) is 12.1 Å². The van der Waals surface area contributed by atoms with Crippen molar-refractivity contribution >= 4 is 10.0 Å². The van der Waals surface area contributed by atoms with Crippen molar-refractivity contribution in [1.82, 2.24) is 4.31 Å². The Bertz CT molecular complexity index is 614. The average molecular weight is 320 g/mol. The number of piperidine rings is 1. The second-order valence-corrected chi connectivity index (χ2v) is 6.79. The number of rotatable bonds is 4. The molecule has 0 saturated carbocycles. The third-order valence-corrected chi connectivity index (χ3v) is 5.62. The van der Waals surface area contributed by atoms with E-state index in [0.29, 0.717) is 12.8 Å². The van der Waals surface area contributed by atoms with E-state index in [1.165, 1.54) is 4.31 Å². The van der Waals surface area contributed by atoms with Crippen molar-refractivity contribution in [1.29, 1.82) is 0 Å². The summed E-state index contributed by atoms with van der Waals surface area (Å²) in [7, 11) is -2.42. The zero-order valence-electron chi connectivity index (χ0n) is 11.7. The number of hydrogen-bond acceptors (Lipinski definition) is 4. The highest BCUT2D eigenvalue weighted by Gasteiger charge is 2.32. The summed E-state index contributed by atoms with van der Waals surface area (Å²) in [6.45, 7) is 0.0952. The molecule has 0 atom stereocenters. The van der Waals surface area contributed by atoms with Crippen LogP contribution in [0, 0.1) is 11.6 Å². The molecule has 2 N–H and O–H groups in total. The number of methoxy groups -OCH3 is 1. The first kappa shape index (κ1) is 16.3. The summed E-state index contributed by atoms with van der Waals surface area (Å²) in [4.78, 5) is -0.528. The summed E-state index contributed by atoms with van der Waals surface area (Å²) in [6.07, 6.45) is 1.10. The smallest absolute Gasteiger partial charge is 0.246 e. The molecule has 0 amide bonds. The average Bonchev–Trinajstić information content (AvgIpc) is 2.47. The fourth-order valence-electron chi connectivity index (χ4n) is 2.41. The highest BCUT2D eigenvalue weighted by molar-refractivity contribution is 7.89. The Labute approximate surface area is 122 Å². The van der Waals surface area contributed by atoms with Gasteiger partial charge in [-0.3, -0.25) is 0 Å². The van der Waals surface area contributed by atoms with Crippen LogP contribution in [-0.4, -0.2) is 39.0 Å². The van der Waals surface area contributed by atoms with E-state index in [9.17, 15) is 17.2 Å². The highest BCUT2D eigenvalue weighted by Crippen LogP contribution is 2.26. The lowest BCUT2D eigenvalue weighted by Gasteiger charge is -2.30. The van der Waals surface area contributed by atoms with Crippen LogP contribution in [0.25, 0.3) is 0 Å². The van der Waals surface area contributed by atoms with Crippen molar-refractivity contribution in [3.05, 3.63) is 29.3 Å². The van der Waals surface area contributed by atoms with Gasteiger partial charge in [-0.2, -0.15) is 4.31 Å². The lowest BCUT2D eigenvalue weighted by Crippen LogP contribution is -2.41. The maximum absolute atomic E-state index is 14.2. The van der Waals surface area contributed by atoms with Crippen LogP contribution in [0.1, 0.15) is 18.4 Å². The molecule has 1 aliphatic heterocycles. The lowest BCUT2D eigenvalue weighted by molar-refractivity contribution is 0.0604. The van der Waals surface area contributed by atoms with E-state index in [1.54, 1.807) is 7.11 Å². The summed E-state index contributed by atoms with van der Waals surface area (Å²) in [5.41, 5.74) is 4.86. The van der Waals surface area contributed by atoms with Crippen LogP contribution in [0.4, 0.5) is 8.78 Å². The minimum atomic E-state index is -3.99. The van der Waals surface area contributed by atoms with Gasteiger partial charge in [-0.15, -0.1) is 0 Å². The molecule has 1 aromatic carbocycles. The van der Waals surface area contributed by atoms with Crippen LogP contribution < -0.4 is 5.73 Å². The topological polar surface area (TPSA) is 72.6 Å². The van der Waals surface area contributed by atoms with E-state index in [-0.39, 0.29) is 19.2 Å². The first-order valence-corrected chi connectivity index (χ1v) is 8.05. The molecule has 21 heavy (non-hydrogen) atoms. The predicted octanol–water partition coefficient (Wildman–Crippen LogP) is 1.22. The summed E-state index contributed by atoms with van der Waals surface area (Å²) >= 11 is 0. The number of sulfonamides is 1. The molecular weight excluding hydrogens is 302 g/mol. The maximum atomic E-state index is 14.2. The lowest BCUT2D eigenvalue weighted by atomic mass is 10.1.